The van der Waals surface area contributed by atoms with Gasteiger partial charge in [0.15, 0.2) is 0 Å². The first-order valence-electron chi connectivity index (χ1n) is 10.0. The first kappa shape index (κ1) is 20.4. The normalized spacial score (nSPS) is 20.2. The topological polar surface area (TPSA) is 38.7 Å². The number of hydrogen-bond donors (Lipinski definition) is 1. The molecule has 1 fully saturated rings. The van der Waals surface area contributed by atoms with Gasteiger partial charge in [0.25, 0.3) is 0 Å². The average molecular weight is 387 g/mol. The van der Waals surface area contributed by atoms with Crippen molar-refractivity contribution in [2.75, 3.05) is 0 Å². The molecule has 0 spiro atoms. The van der Waals surface area contributed by atoms with Crippen LogP contribution in [0.5, 0.6) is 0 Å². The molecule has 3 rings (SSSR count). The van der Waals surface area contributed by atoms with Gasteiger partial charge in [-0.1, -0.05) is 68.6 Å². The smallest absolute Gasteiger partial charge is 0.0721 e. The highest BCUT2D eigenvalue weighted by Gasteiger charge is 2.22. The van der Waals surface area contributed by atoms with Crippen LogP contribution in [0.15, 0.2) is 47.4 Å². The summed E-state index contributed by atoms with van der Waals surface area (Å²) in [4.78, 5) is 0.969. The highest BCUT2D eigenvalue weighted by Crippen LogP contribution is 2.40. The lowest BCUT2D eigenvalue weighted by atomic mass is 9.77. The van der Waals surface area contributed by atoms with Gasteiger partial charge in [0, 0.05) is 4.90 Å². The van der Waals surface area contributed by atoms with Gasteiger partial charge in [-0.25, -0.2) is 5.26 Å². The molecule has 0 radical (unpaired) electrons. The fraction of sp³-hybridized carbons (Fsp3) is 0.478. The fourth-order valence-corrected chi connectivity index (χ4v) is 4.67. The monoisotopic (exact) mass is 386 g/mol. The van der Waals surface area contributed by atoms with Crippen LogP contribution in [-0.4, -0.2) is 5.26 Å². The minimum atomic E-state index is 0.514. The Kier molecular flexibility index (Phi) is 7.36. The third-order valence-corrected chi connectivity index (χ3v) is 6.59. The van der Waals surface area contributed by atoms with Crippen molar-refractivity contribution in [1.29, 1.82) is 0 Å². The standard InChI is InChI=1S/C23H30O3S/c1-4-17-5-7-19(8-6-17)21-13-14-22(23(15-21)27-26-25-24)20-11-9-18(10-12-20)16(2)3/h9-17,19,24H,4-8H2,1-3H3. The molecule has 4 heteroatoms. The van der Waals surface area contributed by atoms with Gasteiger partial charge in [0.05, 0.1) is 12.0 Å². The van der Waals surface area contributed by atoms with E-state index in [4.69, 9.17) is 9.59 Å². The Balaban J connectivity index is 1.85. The van der Waals surface area contributed by atoms with Crippen molar-refractivity contribution < 1.29 is 14.6 Å². The van der Waals surface area contributed by atoms with Crippen LogP contribution in [0, 0.1) is 5.92 Å². The molecule has 0 bridgehead atoms. The summed E-state index contributed by atoms with van der Waals surface area (Å²) < 4.78 is 4.79. The molecular weight excluding hydrogens is 356 g/mol. The molecule has 146 valence electrons. The number of benzene rings is 2. The van der Waals surface area contributed by atoms with Crippen molar-refractivity contribution in [3.63, 3.8) is 0 Å². The molecule has 1 aliphatic carbocycles. The van der Waals surface area contributed by atoms with E-state index < -0.39 is 0 Å². The third kappa shape index (κ3) is 5.14. The minimum Gasteiger partial charge on any atom is -0.220 e. The van der Waals surface area contributed by atoms with Gasteiger partial charge >= 0.3 is 0 Å². The molecule has 1 aliphatic rings. The van der Waals surface area contributed by atoms with Gasteiger partial charge in [-0.05, 0) is 71.8 Å². The minimum absolute atomic E-state index is 0.514. The predicted octanol–water partition coefficient (Wildman–Crippen LogP) is 7.59. The lowest BCUT2D eigenvalue weighted by Crippen LogP contribution is -2.12. The van der Waals surface area contributed by atoms with Crippen molar-refractivity contribution in [2.24, 2.45) is 5.92 Å². The maximum atomic E-state index is 8.62. The summed E-state index contributed by atoms with van der Waals surface area (Å²) in [6, 6.07) is 15.3. The number of hydrogen-bond acceptors (Lipinski definition) is 4. The second kappa shape index (κ2) is 9.74. The average Bonchev–Trinajstić information content (AvgIpc) is 2.72. The summed E-state index contributed by atoms with van der Waals surface area (Å²) in [6.45, 7) is 6.70. The van der Waals surface area contributed by atoms with E-state index in [1.807, 2.05) is 0 Å². The Bertz CT molecular complexity index is 719. The maximum absolute atomic E-state index is 8.62. The van der Waals surface area contributed by atoms with Crippen LogP contribution in [0.4, 0.5) is 0 Å². The summed E-state index contributed by atoms with van der Waals surface area (Å²) in [5.41, 5.74) is 4.92. The van der Waals surface area contributed by atoms with E-state index in [9.17, 15) is 0 Å². The zero-order chi connectivity index (χ0) is 19.2. The molecule has 0 atom stereocenters. The molecule has 0 unspecified atom stereocenters. The second-order valence-corrected chi connectivity index (χ2v) is 8.63. The van der Waals surface area contributed by atoms with Gasteiger partial charge in [-0.3, -0.25) is 0 Å². The molecule has 1 N–H and O–H groups in total. The zero-order valence-electron chi connectivity index (χ0n) is 16.5. The zero-order valence-corrected chi connectivity index (χ0v) is 17.3. The van der Waals surface area contributed by atoms with Gasteiger partial charge in [0.2, 0.25) is 0 Å². The van der Waals surface area contributed by atoms with Crippen molar-refractivity contribution in [2.45, 2.75) is 69.6 Å². The molecule has 27 heavy (non-hydrogen) atoms. The molecule has 0 saturated heterocycles. The molecule has 2 aromatic carbocycles. The van der Waals surface area contributed by atoms with E-state index in [2.05, 4.69) is 68.3 Å². The predicted molar refractivity (Wildman–Crippen MR) is 112 cm³/mol. The Morgan fingerprint density at radius 1 is 1.04 bits per heavy atom. The highest BCUT2D eigenvalue weighted by molar-refractivity contribution is 7.94. The molecule has 0 aliphatic heterocycles. The molecule has 0 amide bonds. The van der Waals surface area contributed by atoms with Crippen molar-refractivity contribution >= 4 is 12.0 Å². The third-order valence-electron chi connectivity index (χ3n) is 5.94. The summed E-state index contributed by atoms with van der Waals surface area (Å²) in [6.07, 6.45) is 6.43. The maximum Gasteiger partial charge on any atom is 0.0721 e. The van der Waals surface area contributed by atoms with Crippen molar-refractivity contribution in [1.82, 2.24) is 0 Å². The van der Waals surface area contributed by atoms with Gasteiger partial charge < -0.3 is 0 Å². The fourth-order valence-electron chi connectivity index (χ4n) is 4.10. The van der Waals surface area contributed by atoms with Crippen LogP contribution in [-0.2, 0) is 9.37 Å². The van der Waals surface area contributed by atoms with Gasteiger partial charge in [0.1, 0.15) is 0 Å². The van der Waals surface area contributed by atoms with Crippen molar-refractivity contribution in [3.05, 3.63) is 53.6 Å². The van der Waals surface area contributed by atoms with Gasteiger partial charge in [-0.2, -0.15) is 0 Å². The first-order valence-corrected chi connectivity index (χ1v) is 10.8. The Morgan fingerprint density at radius 2 is 1.74 bits per heavy atom. The van der Waals surface area contributed by atoms with E-state index in [0.29, 0.717) is 11.8 Å². The van der Waals surface area contributed by atoms with Crippen LogP contribution in [0.1, 0.15) is 75.8 Å². The first-order chi connectivity index (χ1) is 13.1. The largest absolute Gasteiger partial charge is 0.220 e. The molecule has 0 aromatic heterocycles. The van der Waals surface area contributed by atoms with Crippen LogP contribution in [0.2, 0.25) is 0 Å². The SMILES string of the molecule is CCC1CCC(c2ccc(-c3ccc(C(C)C)cc3)c(SOOO)c2)CC1. The lowest BCUT2D eigenvalue weighted by Gasteiger charge is -2.28. The highest BCUT2D eigenvalue weighted by atomic mass is 32.2. The van der Waals surface area contributed by atoms with Crippen LogP contribution in [0.3, 0.4) is 0 Å². The molecule has 3 nitrogen and oxygen atoms in total. The summed E-state index contributed by atoms with van der Waals surface area (Å²) >= 11 is 1.06. The molecule has 0 heterocycles. The van der Waals surface area contributed by atoms with Crippen LogP contribution in [0.25, 0.3) is 11.1 Å². The molecule has 1 saturated carbocycles. The Morgan fingerprint density at radius 3 is 2.33 bits per heavy atom. The van der Waals surface area contributed by atoms with Crippen LogP contribution < -0.4 is 0 Å². The van der Waals surface area contributed by atoms with Crippen molar-refractivity contribution in [3.8, 4) is 11.1 Å². The summed E-state index contributed by atoms with van der Waals surface area (Å²) in [5.74, 6) is 2.01. The van der Waals surface area contributed by atoms with E-state index in [1.54, 1.807) is 0 Å². The summed E-state index contributed by atoms with van der Waals surface area (Å²) in [5, 5.41) is 12.5. The Hall–Kier alpha value is -1.33. The van der Waals surface area contributed by atoms with E-state index in [1.165, 1.54) is 43.2 Å². The van der Waals surface area contributed by atoms with Crippen LogP contribution >= 0.6 is 12.0 Å². The lowest BCUT2D eigenvalue weighted by molar-refractivity contribution is -0.432. The van der Waals surface area contributed by atoms with E-state index in [-0.39, 0.29) is 0 Å². The molecule has 2 aromatic rings. The Labute approximate surface area is 167 Å². The van der Waals surface area contributed by atoms with E-state index in [0.717, 1.165) is 34.0 Å². The quantitative estimate of drug-likeness (QED) is 0.302. The number of rotatable bonds is 7. The van der Waals surface area contributed by atoms with Gasteiger partial charge in [-0.15, -0.1) is 4.33 Å². The molecular formula is C23H30O3S. The van der Waals surface area contributed by atoms with E-state index >= 15 is 0 Å². The summed E-state index contributed by atoms with van der Waals surface area (Å²) in [7, 11) is 0. The second-order valence-electron chi connectivity index (χ2n) is 7.88.